The molecule has 1 aliphatic carbocycles. The van der Waals surface area contributed by atoms with Gasteiger partial charge in [0.15, 0.2) is 11.5 Å². The summed E-state index contributed by atoms with van der Waals surface area (Å²) in [4.78, 5) is 40.5. The zero-order valence-electron chi connectivity index (χ0n) is 25.2. The summed E-state index contributed by atoms with van der Waals surface area (Å²) in [5, 5.41) is 3.32. The lowest BCUT2D eigenvalue weighted by molar-refractivity contribution is -0.130. The molecular weight excluding hydrogens is 514 g/mol. The van der Waals surface area contributed by atoms with Crippen LogP contribution in [-0.4, -0.2) is 77.4 Å². The number of primary amides is 1. The van der Waals surface area contributed by atoms with Gasteiger partial charge in [0.05, 0.1) is 6.20 Å². The second-order valence-corrected chi connectivity index (χ2v) is 12.9. The first-order chi connectivity index (χ1) is 19.6. The predicted molar refractivity (Wildman–Crippen MR) is 164 cm³/mol. The number of carbonyl (C=O) groups excluding carboxylic acids is 2. The summed E-state index contributed by atoms with van der Waals surface area (Å²) in [5.74, 6) is 0.790. The molecule has 3 N–H and O–H groups in total. The van der Waals surface area contributed by atoms with Crippen LogP contribution in [0.5, 0.6) is 0 Å². The van der Waals surface area contributed by atoms with E-state index in [-0.39, 0.29) is 29.0 Å². The highest BCUT2D eigenvalue weighted by molar-refractivity contribution is 5.96. The van der Waals surface area contributed by atoms with E-state index < -0.39 is 5.91 Å². The number of likely N-dealkylation sites (tertiary alicyclic amines) is 1. The van der Waals surface area contributed by atoms with Crippen LogP contribution in [0.4, 0.5) is 17.3 Å². The van der Waals surface area contributed by atoms with Gasteiger partial charge in [-0.3, -0.25) is 9.59 Å². The molecule has 222 valence electrons. The number of hydrogen-bond acceptors (Lipinski definition) is 7. The molecule has 2 aromatic rings. The SMILES string of the molecule is C[C@@H]1[C@H](CC(=O)N(C)C)CCCN1c1cnc(C(N)=O)c(Nc2ccc(C3(C)CCN(C4CCCC4)CC3)cc2)n1. The highest BCUT2D eigenvalue weighted by Gasteiger charge is 2.35. The van der Waals surface area contributed by atoms with E-state index in [1.165, 1.54) is 57.2 Å². The molecule has 3 heterocycles. The lowest BCUT2D eigenvalue weighted by Crippen LogP contribution is -2.45. The maximum atomic E-state index is 12.4. The largest absolute Gasteiger partial charge is 0.364 e. The predicted octanol–water partition coefficient (Wildman–Crippen LogP) is 4.70. The highest BCUT2D eigenvalue weighted by atomic mass is 16.2. The number of nitrogens with two attached hydrogens (primary N) is 1. The van der Waals surface area contributed by atoms with Crippen molar-refractivity contribution < 1.29 is 9.59 Å². The number of hydrogen-bond donors (Lipinski definition) is 2. The van der Waals surface area contributed by atoms with Crippen LogP contribution < -0.4 is 16.0 Å². The molecule has 1 aromatic heterocycles. The van der Waals surface area contributed by atoms with E-state index in [2.05, 4.69) is 58.2 Å². The second-order valence-electron chi connectivity index (χ2n) is 12.9. The van der Waals surface area contributed by atoms with Gasteiger partial charge < -0.3 is 25.8 Å². The van der Waals surface area contributed by atoms with E-state index in [9.17, 15) is 9.59 Å². The van der Waals surface area contributed by atoms with Crippen molar-refractivity contribution in [3.05, 3.63) is 41.7 Å². The number of anilines is 3. The van der Waals surface area contributed by atoms with Crippen molar-refractivity contribution in [1.82, 2.24) is 19.8 Å². The fourth-order valence-electron chi connectivity index (χ4n) is 7.04. The maximum absolute atomic E-state index is 12.4. The monoisotopic (exact) mass is 561 g/mol. The van der Waals surface area contributed by atoms with Crippen LogP contribution in [0.2, 0.25) is 0 Å². The molecule has 0 unspecified atom stereocenters. The maximum Gasteiger partial charge on any atom is 0.271 e. The molecule has 1 aromatic carbocycles. The van der Waals surface area contributed by atoms with E-state index in [0.717, 1.165) is 31.1 Å². The molecule has 2 aliphatic heterocycles. The summed E-state index contributed by atoms with van der Waals surface area (Å²) in [7, 11) is 3.60. The first-order valence-electron chi connectivity index (χ1n) is 15.4. The lowest BCUT2D eigenvalue weighted by Gasteiger charge is -2.42. The topological polar surface area (TPSA) is 108 Å². The van der Waals surface area contributed by atoms with E-state index in [1.54, 1.807) is 25.2 Å². The number of carbonyl (C=O) groups is 2. The number of nitrogens with one attached hydrogen (secondary N) is 1. The Kier molecular flexibility index (Phi) is 8.82. The number of benzene rings is 1. The van der Waals surface area contributed by atoms with Crippen molar-refractivity contribution in [3.63, 3.8) is 0 Å². The first kappa shape index (κ1) is 29.3. The summed E-state index contributed by atoms with van der Waals surface area (Å²) in [6.07, 6.45) is 11.9. The minimum absolute atomic E-state index is 0.119. The standard InChI is InChI=1S/C32H47N7O2/c1-22-23(20-28(40)37(3)4)8-7-17-39(22)27-21-34-29(30(33)41)31(36-27)35-25-13-11-24(12-14-25)32(2)15-18-38(19-16-32)26-9-5-6-10-26/h11-14,21-23,26H,5-10,15-20H2,1-4H3,(H2,33,41)(H,35,36)/t22-,23+/m1/s1. The zero-order chi connectivity index (χ0) is 29.1. The molecule has 5 rings (SSSR count). The molecule has 2 amide bonds. The van der Waals surface area contributed by atoms with Crippen LogP contribution in [0.25, 0.3) is 0 Å². The minimum atomic E-state index is -0.620. The van der Waals surface area contributed by atoms with Crippen LogP contribution >= 0.6 is 0 Å². The van der Waals surface area contributed by atoms with Crippen LogP contribution in [-0.2, 0) is 10.2 Å². The number of rotatable bonds is 8. The number of amides is 2. The Hall–Kier alpha value is -3.20. The van der Waals surface area contributed by atoms with E-state index in [0.29, 0.717) is 18.1 Å². The Morgan fingerprint density at radius 3 is 2.37 bits per heavy atom. The van der Waals surface area contributed by atoms with Crippen molar-refractivity contribution >= 4 is 29.1 Å². The van der Waals surface area contributed by atoms with Gasteiger partial charge in [0.1, 0.15) is 5.82 Å². The second kappa shape index (κ2) is 12.3. The molecule has 41 heavy (non-hydrogen) atoms. The van der Waals surface area contributed by atoms with E-state index >= 15 is 0 Å². The molecular formula is C32H47N7O2. The fourth-order valence-corrected chi connectivity index (χ4v) is 7.04. The van der Waals surface area contributed by atoms with E-state index in [4.69, 9.17) is 10.7 Å². The normalized spacial score (nSPS) is 23.4. The summed E-state index contributed by atoms with van der Waals surface area (Å²) in [5.41, 5.74) is 8.16. The number of piperidine rings is 2. The third-order valence-corrected chi connectivity index (χ3v) is 9.96. The smallest absolute Gasteiger partial charge is 0.271 e. The summed E-state index contributed by atoms with van der Waals surface area (Å²) < 4.78 is 0. The molecule has 0 radical (unpaired) electrons. The molecule has 2 atom stereocenters. The average Bonchev–Trinajstić information content (AvgIpc) is 3.50. The Morgan fingerprint density at radius 1 is 1.05 bits per heavy atom. The van der Waals surface area contributed by atoms with Crippen molar-refractivity contribution in [2.75, 3.05) is 43.9 Å². The van der Waals surface area contributed by atoms with Crippen LogP contribution in [0.15, 0.2) is 30.5 Å². The third kappa shape index (κ3) is 6.50. The van der Waals surface area contributed by atoms with Gasteiger partial charge in [0.2, 0.25) is 5.91 Å². The molecule has 2 saturated heterocycles. The Morgan fingerprint density at radius 2 is 1.73 bits per heavy atom. The lowest BCUT2D eigenvalue weighted by atomic mass is 9.74. The van der Waals surface area contributed by atoms with Gasteiger partial charge in [-0.1, -0.05) is 31.9 Å². The Labute approximate surface area is 244 Å². The van der Waals surface area contributed by atoms with Crippen molar-refractivity contribution in [2.24, 2.45) is 11.7 Å². The molecule has 1 saturated carbocycles. The molecule has 0 spiro atoms. The van der Waals surface area contributed by atoms with Gasteiger partial charge >= 0.3 is 0 Å². The Bertz CT molecular complexity index is 1220. The van der Waals surface area contributed by atoms with Crippen LogP contribution in [0.1, 0.15) is 87.7 Å². The highest BCUT2D eigenvalue weighted by Crippen LogP contribution is 2.38. The van der Waals surface area contributed by atoms with Crippen molar-refractivity contribution in [1.29, 1.82) is 0 Å². The van der Waals surface area contributed by atoms with Crippen LogP contribution in [0, 0.1) is 5.92 Å². The summed E-state index contributed by atoms with van der Waals surface area (Å²) in [6, 6.07) is 9.45. The van der Waals surface area contributed by atoms with Crippen molar-refractivity contribution in [3.8, 4) is 0 Å². The van der Waals surface area contributed by atoms with Crippen LogP contribution in [0.3, 0.4) is 0 Å². The van der Waals surface area contributed by atoms with Crippen molar-refractivity contribution in [2.45, 2.75) is 89.1 Å². The molecule has 9 nitrogen and oxygen atoms in total. The number of aromatic nitrogens is 2. The van der Waals surface area contributed by atoms with Gasteiger partial charge in [0.25, 0.3) is 5.91 Å². The molecule has 3 aliphatic rings. The number of nitrogens with zero attached hydrogens (tertiary/aromatic N) is 5. The van der Waals surface area contributed by atoms with Gasteiger partial charge in [0, 0.05) is 44.8 Å². The Balaban J connectivity index is 1.29. The van der Waals surface area contributed by atoms with Gasteiger partial charge in [-0.25, -0.2) is 9.97 Å². The van der Waals surface area contributed by atoms with Gasteiger partial charge in [-0.2, -0.15) is 0 Å². The minimum Gasteiger partial charge on any atom is -0.364 e. The zero-order valence-corrected chi connectivity index (χ0v) is 25.2. The summed E-state index contributed by atoms with van der Waals surface area (Å²) >= 11 is 0. The molecule has 3 fully saturated rings. The van der Waals surface area contributed by atoms with E-state index in [1.807, 2.05) is 0 Å². The molecule has 0 bridgehead atoms. The first-order valence-corrected chi connectivity index (χ1v) is 15.4. The van der Waals surface area contributed by atoms with Gasteiger partial charge in [-0.15, -0.1) is 0 Å². The quantitative estimate of drug-likeness (QED) is 0.481. The average molecular weight is 562 g/mol. The summed E-state index contributed by atoms with van der Waals surface area (Å²) in [6.45, 7) is 7.69. The third-order valence-electron chi connectivity index (χ3n) is 9.96. The molecule has 9 heteroatoms. The fraction of sp³-hybridized carbons (Fsp3) is 0.625. The van der Waals surface area contributed by atoms with Gasteiger partial charge in [-0.05, 0) is 87.6 Å².